The van der Waals surface area contributed by atoms with Crippen LogP contribution in [0.2, 0.25) is 0 Å². The van der Waals surface area contributed by atoms with Crippen molar-refractivity contribution in [2.24, 2.45) is 0 Å². The molecule has 3 nitrogen and oxygen atoms in total. The second kappa shape index (κ2) is 9.45. The maximum absolute atomic E-state index is 8.74. The van der Waals surface area contributed by atoms with Gasteiger partial charge in [0.15, 0.2) is 0 Å². The van der Waals surface area contributed by atoms with E-state index in [9.17, 15) is 0 Å². The Morgan fingerprint density at radius 2 is 1.33 bits per heavy atom. The van der Waals surface area contributed by atoms with Gasteiger partial charge in [-0.2, -0.15) is 0 Å². The van der Waals surface area contributed by atoms with Gasteiger partial charge in [-0.15, -0.1) is 0 Å². The minimum atomic E-state index is -3.13. The Bertz CT molecular complexity index is 33.8. The van der Waals surface area contributed by atoms with E-state index in [1.54, 1.807) is 0 Å². The monoisotopic (exact) mass is 161 g/mol. The van der Waals surface area contributed by atoms with E-state index in [2.05, 4.69) is 0 Å². The fourth-order valence-corrected chi connectivity index (χ4v) is 0. The summed E-state index contributed by atoms with van der Waals surface area (Å²) in [5.74, 6) is 0. The van der Waals surface area contributed by atoms with E-state index in [1.807, 2.05) is 0 Å². The first-order valence-corrected chi connectivity index (χ1v) is 1.95. The van der Waals surface area contributed by atoms with Crippen molar-refractivity contribution in [1.29, 1.82) is 0 Å². The van der Waals surface area contributed by atoms with E-state index in [-0.39, 0.29) is 46.3 Å². The zero-order valence-electron chi connectivity index (χ0n) is 2.14. The average molecular weight is 161 g/mol. The third-order valence-electron chi connectivity index (χ3n) is 0. The molecule has 35 valence electrons. The fourth-order valence-electron chi connectivity index (χ4n) is 0. The van der Waals surface area contributed by atoms with Crippen molar-refractivity contribution in [3.05, 3.63) is 0 Å². The molecule has 0 saturated heterocycles. The summed E-state index contributed by atoms with van der Waals surface area (Å²) in [6.45, 7) is 0. The van der Waals surface area contributed by atoms with Crippen LogP contribution in [-0.2, 0) is 21.2 Å². The van der Waals surface area contributed by atoms with Crippen LogP contribution in [-0.4, -0.2) is 48.3 Å². The zero-order valence-corrected chi connectivity index (χ0v) is 4.18. The predicted molar refractivity (Wildman–Crippen MR) is 18.0 cm³/mol. The van der Waals surface area contributed by atoms with Gasteiger partial charge in [-0.05, 0) is 0 Å². The molecule has 1 radical (unpaired) electrons. The summed E-state index contributed by atoms with van der Waals surface area (Å²) < 4.78 is 8.74. The predicted octanol–water partition coefficient (Wildman–Crippen LogP) is -2.26. The molecule has 0 saturated carbocycles. The van der Waals surface area contributed by atoms with E-state index in [0.717, 1.165) is 0 Å². The van der Waals surface area contributed by atoms with Gasteiger partial charge in [0.25, 0.3) is 0 Å². The van der Waals surface area contributed by atoms with Gasteiger partial charge in [-0.3, -0.25) is 4.46 Å². The van der Waals surface area contributed by atoms with E-state index >= 15 is 0 Å². The molecule has 0 aromatic heterocycles. The molecule has 0 atom stereocenters. The molecule has 0 aliphatic heterocycles. The quantitative estimate of drug-likeness (QED) is 0.394. The van der Waals surface area contributed by atoms with Gasteiger partial charge >= 0.3 is 38.7 Å². The molecule has 0 aromatic rings. The molecule has 6 heteroatoms. The Labute approximate surface area is 69.1 Å². The van der Waals surface area contributed by atoms with Gasteiger partial charge < -0.3 is 9.59 Å². The topological polar surface area (TPSA) is 57.5 Å². The van der Waals surface area contributed by atoms with Crippen LogP contribution in [0.4, 0.5) is 0 Å². The zero-order chi connectivity index (χ0) is 3.58. The summed E-state index contributed by atoms with van der Waals surface area (Å²) in [7, 11) is -3.13. The van der Waals surface area contributed by atoms with Crippen LogP contribution < -0.4 is 0 Å². The van der Waals surface area contributed by atoms with Crippen molar-refractivity contribution in [2.75, 3.05) is 0 Å². The Morgan fingerprint density at radius 3 is 1.33 bits per heavy atom. The Balaban J connectivity index is -0.0000000450. The van der Waals surface area contributed by atoms with E-state index in [4.69, 9.17) is 14.1 Å². The summed E-state index contributed by atoms with van der Waals surface area (Å²) in [6.07, 6.45) is 0. The number of hydrogen-bond acceptors (Lipinski definition) is 1. The van der Waals surface area contributed by atoms with Crippen molar-refractivity contribution in [3.8, 4) is 0 Å². The molecule has 0 rings (SSSR count). The second-order valence-electron chi connectivity index (χ2n) is 0.283. The van der Waals surface area contributed by atoms with Gasteiger partial charge in [0.2, 0.25) is 0 Å². The third-order valence-corrected chi connectivity index (χ3v) is 0. The first-order chi connectivity index (χ1) is 1.73. The molecule has 0 fully saturated rings. The molecule has 0 unspecified atom stereocenters. The maximum atomic E-state index is 8.74. The third kappa shape index (κ3) is 69.0. The van der Waals surface area contributed by atoms with Crippen molar-refractivity contribution in [3.63, 3.8) is 0 Å². The molecular weight excluding hydrogens is 158 g/mol. The number of hydrogen-bond donors (Lipinski definition) is 2. The van der Waals surface area contributed by atoms with Crippen LogP contribution in [0.25, 0.3) is 0 Å². The van der Waals surface area contributed by atoms with E-state index in [1.165, 1.54) is 0 Å². The molecule has 0 heterocycles. The van der Waals surface area contributed by atoms with Crippen molar-refractivity contribution in [1.82, 2.24) is 0 Å². The van der Waals surface area contributed by atoms with Crippen LogP contribution in [0.3, 0.4) is 0 Å². The van der Waals surface area contributed by atoms with Crippen LogP contribution in [0.5, 0.6) is 0 Å². The van der Waals surface area contributed by atoms with Crippen LogP contribution in [0.15, 0.2) is 0 Å². The standard InChI is InChI=1S/Co.Na.H2O3Si.H/c;;1-4(2)3;/h;;1-2H;. The molecular formula is H3CoNaO3Si. The van der Waals surface area contributed by atoms with Crippen LogP contribution in [0, 0.1) is 0 Å². The Morgan fingerprint density at radius 1 is 1.33 bits per heavy atom. The molecule has 0 amide bonds. The summed E-state index contributed by atoms with van der Waals surface area (Å²) >= 11 is 0. The summed E-state index contributed by atoms with van der Waals surface area (Å²) in [5.41, 5.74) is 0. The van der Waals surface area contributed by atoms with Gasteiger partial charge in [-0.1, -0.05) is 0 Å². The molecule has 0 aliphatic rings. The number of rotatable bonds is 0. The molecule has 0 bridgehead atoms. The van der Waals surface area contributed by atoms with Crippen molar-refractivity contribution in [2.45, 2.75) is 0 Å². The normalized spacial score (nSPS) is 4.00. The van der Waals surface area contributed by atoms with E-state index in [0.29, 0.717) is 0 Å². The molecule has 6 heavy (non-hydrogen) atoms. The van der Waals surface area contributed by atoms with Crippen molar-refractivity contribution < 1.29 is 30.8 Å². The Hall–Kier alpha value is 1.12. The Kier molecular flexibility index (Phi) is 24.8. The molecule has 0 spiro atoms. The SMILES string of the molecule is O=[Si](O)O.[Co].[NaH]. The van der Waals surface area contributed by atoms with Crippen molar-refractivity contribution >= 4 is 38.7 Å². The first-order valence-electron chi connectivity index (χ1n) is 0.651. The van der Waals surface area contributed by atoms with Gasteiger partial charge in [-0.25, -0.2) is 0 Å². The van der Waals surface area contributed by atoms with Gasteiger partial charge in [0.05, 0.1) is 0 Å². The summed E-state index contributed by atoms with van der Waals surface area (Å²) in [5, 5.41) is 0. The summed E-state index contributed by atoms with van der Waals surface area (Å²) in [4.78, 5) is 14.3. The molecule has 0 aliphatic carbocycles. The van der Waals surface area contributed by atoms with E-state index < -0.39 is 9.17 Å². The van der Waals surface area contributed by atoms with Gasteiger partial charge in [0.1, 0.15) is 0 Å². The first kappa shape index (κ1) is 15.7. The van der Waals surface area contributed by atoms with Crippen LogP contribution in [0.1, 0.15) is 0 Å². The summed E-state index contributed by atoms with van der Waals surface area (Å²) in [6, 6.07) is 0. The second-order valence-corrected chi connectivity index (χ2v) is 0.848. The van der Waals surface area contributed by atoms with Gasteiger partial charge in [0, 0.05) is 16.8 Å². The average Bonchev–Trinajstić information content (AvgIpc) is 0.811. The minimum absolute atomic E-state index is 0. The molecule has 2 N–H and O–H groups in total. The van der Waals surface area contributed by atoms with Crippen LogP contribution >= 0.6 is 0 Å². The molecule has 0 aromatic carbocycles. The fraction of sp³-hybridized carbons (Fsp3) is 0.